The van der Waals surface area contributed by atoms with Crippen molar-refractivity contribution < 1.29 is 0 Å². The van der Waals surface area contributed by atoms with Crippen LogP contribution in [0.2, 0.25) is 0 Å². The molecule has 92 valence electrons. The van der Waals surface area contributed by atoms with Crippen molar-refractivity contribution in [3.05, 3.63) is 35.4 Å². The quantitative estimate of drug-likeness (QED) is 0.869. The Bertz CT molecular complexity index is 398. The summed E-state index contributed by atoms with van der Waals surface area (Å²) in [6, 6.07) is 9.50. The van der Waals surface area contributed by atoms with E-state index < -0.39 is 0 Å². The highest BCUT2D eigenvalue weighted by Crippen LogP contribution is 2.48. The lowest BCUT2D eigenvalue weighted by molar-refractivity contribution is 0.416. The molecule has 0 aromatic heterocycles. The molecule has 0 spiro atoms. The van der Waals surface area contributed by atoms with Gasteiger partial charge in [0.1, 0.15) is 0 Å². The summed E-state index contributed by atoms with van der Waals surface area (Å²) >= 11 is 2.06. The number of hydrogen-bond donors (Lipinski definition) is 1. The molecule has 1 aromatic rings. The normalized spacial score (nSPS) is 25.4. The molecule has 1 atom stereocenters. The molecule has 1 nitrogen and oxygen atoms in total. The van der Waals surface area contributed by atoms with Crippen LogP contribution in [0.3, 0.4) is 0 Å². The van der Waals surface area contributed by atoms with E-state index in [0.717, 1.165) is 0 Å². The van der Waals surface area contributed by atoms with Gasteiger partial charge in [-0.15, -0.1) is 0 Å². The van der Waals surface area contributed by atoms with Crippen molar-refractivity contribution >= 4 is 11.8 Å². The first-order valence-electron chi connectivity index (χ1n) is 6.72. The van der Waals surface area contributed by atoms with Crippen LogP contribution in [0.15, 0.2) is 24.3 Å². The molecule has 17 heavy (non-hydrogen) atoms. The van der Waals surface area contributed by atoms with Crippen molar-refractivity contribution in [3.8, 4) is 0 Å². The molecule has 2 aliphatic rings. The molecule has 1 heterocycles. The lowest BCUT2D eigenvalue weighted by Gasteiger charge is -2.28. The first kappa shape index (κ1) is 11.6. The SMILES string of the molecule is CCC1(CNC2CSCc3ccccc32)CC1. The van der Waals surface area contributed by atoms with Gasteiger partial charge in [-0.05, 0) is 35.8 Å². The van der Waals surface area contributed by atoms with Crippen molar-refractivity contribution in [1.82, 2.24) is 5.32 Å². The molecule has 1 aliphatic carbocycles. The minimum atomic E-state index is 0.578. The maximum Gasteiger partial charge on any atom is 0.0415 e. The van der Waals surface area contributed by atoms with Crippen LogP contribution in [0.1, 0.15) is 43.4 Å². The molecule has 1 fully saturated rings. The lowest BCUT2D eigenvalue weighted by atomic mass is 9.99. The van der Waals surface area contributed by atoms with E-state index >= 15 is 0 Å². The standard InChI is InChI=1S/C15H21NS/c1-2-15(7-8-15)11-16-14-10-17-9-12-5-3-4-6-13(12)14/h3-6,14,16H,2,7-11H2,1H3. The molecule has 1 aliphatic heterocycles. The number of hydrogen-bond acceptors (Lipinski definition) is 2. The van der Waals surface area contributed by atoms with Crippen LogP contribution in [0, 0.1) is 5.41 Å². The molecule has 1 aromatic carbocycles. The Morgan fingerprint density at radius 1 is 1.35 bits per heavy atom. The molecule has 0 bridgehead atoms. The first-order chi connectivity index (χ1) is 8.33. The summed E-state index contributed by atoms with van der Waals surface area (Å²) in [5, 5.41) is 3.81. The van der Waals surface area contributed by atoms with E-state index in [2.05, 4.69) is 48.3 Å². The fourth-order valence-corrected chi connectivity index (χ4v) is 3.86. The second-order valence-corrected chi connectivity index (χ2v) is 6.53. The van der Waals surface area contributed by atoms with Gasteiger partial charge < -0.3 is 5.32 Å². The molecular weight excluding hydrogens is 226 g/mol. The molecule has 1 saturated carbocycles. The van der Waals surface area contributed by atoms with Crippen LogP contribution in [0.4, 0.5) is 0 Å². The largest absolute Gasteiger partial charge is 0.309 e. The van der Waals surface area contributed by atoms with Gasteiger partial charge in [0.15, 0.2) is 0 Å². The Labute approximate surface area is 108 Å². The highest BCUT2D eigenvalue weighted by Gasteiger charge is 2.40. The number of rotatable bonds is 4. The van der Waals surface area contributed by atoms with Crippen molar-refractivity contribution in [2.24, 2.45) is 5.41 Å². The third-order valence-electron chi connectivity index (χ3n) is 4.40. The van der Waals surface area contributed by atoms with Crippen LogP contribution in [-0.4, -0.2) is 12.3 Å². The van der Waals surface area contributed by atoms with E-state index in [1.165, 1.54) is 48.4 Å². The monoisotopic (exact) mass is 247 g/mol. The molecule has 0 saturated heterocycles. The first-order valence-corrected chi connectivity index (χ1v) is 7.87. The average molecular weight is 247 g/mol. The van der Waals surface area contributed by atoms with Gasteiger partial charge in [0.25, 0.3) is 0 Å². The topological polar surface area (TPSA) is 12.0 Å². The van der Waals surface area contributed by atoms with Crippen LogP contribution >= 0.6 is 11.8 Å². The molecule has 0 radical (unpaired) electrons. The lowest BCUT2D eigenvalue weighted by Crippen LogP contribution is -2.31. The van der Waals surface area contributed by atoms with E-state index in [0.29, 0.717) is 11.5 Å². The third kappa shape index (κ3) is 2.38. The fraction of sp³-hybridized carbons (Fsp3) is 0.600. The molecule has 2 heteroatoms. The van der Waals surface area contributed by atoms with Crippen molar-refractivity contribution in [2.45, 2.75) is 38.0 Å². The summed E-state index contributed by atoms with van der Waals surface area (Å²) in [5.74, 6) is 2.42. The minimum Gasteiger partial charge on any atom is -0.309 e. The van der Waals surface area contributed by atoms with E-state index in [4.69, 9.17) is 0 Å². The molecule has 1 unspecified atom stereocenters. The zero-order chi connectivity index (χ0) is 11.7. The number of benzene rings is 1. The molecule has 0 amide bonds. The highest BCUT2D eigenvalue weighted by atomic mass is 32.2. The van der Waals surface area contributed by atoms with Gasteiger partial charge in [-0.2, -0.15) is 11.8 Å². The van der Waals surface area contributed by atoms with Gasteiger partial charge in [-0.3, -0.25) is 0 Å². The van der Waals surface area contributed by atoms with Crippen molar-refractivity contribution in [3.63, 3.8) is 0 Å². The van der Waals surface area contributed by atoms with Crippen LogP contribution < -0.4 is 5.32 Å². The van der Waals surface area contributed by atoms with E-state index in [-0.39, 0.29) is 0 Å². The summed E-state index contributed by atoms with van der Waals surface area (Å²) in [4.78, 5) is 0. The van der Waals surface area contributed by atoms with Crippen LogP contribution in [0.25, 0.3) is 0 Å². The van der Waals surface area contributed by atoms with Gasteiger partial charge >= 0.3 is 0 Å². The Morgan fingerprint density at radius 2 is 2.18 bits per heavy atom. The van der Waals surface area contributed by atoms with E-state index in [1.54, 1.807) is 0 Å². The summed E-state index contributed by atoms with van der Waals surface area (Å²) in [5.41, 5.74) is 3.72. The zero-order valence-electron chi connectivity index (χ0n) is 10.5. The van der Waals surface area contributed by atoms with E-state index in [1.807, 2.05) is 0 Å². The van der Waals surface area contributed by atoms with E-state index in [9.17, 15) is 0 Å². The Balaban J connectivity index is 1.68. The molecule has 3 rings (SSSR count). The average Bonchev–Trinajstić information content (AvgIpc) is 3.17. The second kappa shape index (κ2) is 4.66. The maximum atomic E-state index is 3.81. The van der Waals surface area contributed by atoms with Crippen molar-refractivity contribution in [1.29, 1.82) is 0 Å². The summed E-state index contributed by atoms with van der Waals surface area (Å²) in [6.45, 7) is 3.54. The Morgan fingerprint density at radius 3 is 2.94 bits per heavy atom. The molecule has 1 N–H and O–H groups in total. The highest BCUT2D eigenvalue weighted by molar-refractivity contribution is 7.98. The van der Waals surface area contributed by atoms with Gasteiger partial charge in [0.05, 0.1) is 0 Å². The van der Waals surface area contributed by atoms with Crippen molar-refractivity contribution in [2.75, 3.05) is 12.3 Å². The predicted octanol–water partition coefficient (Wildman–Crippen LogP) is 3.75. The zero-order valence-corrected chi connectivity index (χ0v) is 11.4. The maximum absolute atomic E-state index is 3.81. The third-order valence-corrected chi connectivity index (χ3v) is 5.49. The van der Waals surface area contributed by atoms with Gasteiger partial charge in [-0.1, -0.05) is 31.2 Å². The van der Waals surface area contributed by atoms with Gasteiger partial charge in [0.2, 0.25) is 0 Å². The molecular formula is C15H21NS. The van der Waals surface area contributed by atoms with Gasteiger partial charge in [0, 0.05) is 24.1 Å². The summed E-state index contributed by atoms with van der Waals surface area (Å²) in [7, 11) is 0. The predicted molar refractivity (Wildman–Crippen MR) is 75.3 cm³/mol. The number of thioether (sulfide) groups is 1. The summed E-state index contributed by atoms with van der Waals surface area (Å²) in [6.07, 6.45) is 4.19. The summed E-state index contributed by atoms with van der Waals surface area (Å²) < 4.78 is 0. The second-order valence-electron chi connectivity index (χ2n) is 5.50. The minimum absolute atomic E-state index is 0.578. The number of fused-ring (bicyclic) bond motifs is 1. The Hall–Kier alpha value is -0.470. The van der Waals surface area contributed by atoms with Gasteiger partial charge in [-0.25, -0.2) is 0 Å². The van der Waals surface area contributed by atoms with Crippen LogP contribution in [0.5, 0.6) is 0 Å². The van der Waals surface area contributed by atoms with Crippen LogP contribution in [-0.2, 0) is 5.75 Å². The smallest absolute Gasteiger partial charge is 0.0415 e. The number of nitrogens with one attached hydrogen (secondary N) is 1. The Kier molecular flexibility index (Phi) is 3.18. The fourth-order valence-electron chi connectivity index (χ4n) is 2.72.